The van der Waals surface area contributed by atoms with E-state index in [2.05, 4.69) is 25.8 Å². The fourth-order valence-electron chi connectivity index (χ4n) is 2.79. The van der Waals surface area contributed by atoms with Crippen LogP contribution >= 0.6 is 0 Å². The number of hydrogen-bond donors (Lipinski definition) is 2. The Morgan fingerprint density at radius 1 is 0.857 bits per heavy atom. The second kappa shape index (κ2) is 7.83. The van der Waals surface area contributed by atoms with Crippen LogP contribution in [0.5, 0.6) is 0 Å². The molecule has 28 heavy (non-hydrogen) atoms. The Bertz CT molecular complexity index is 1130. The maximum atomic E-state index is 11.9. The molecular weight excluding hydrogens is 358 g/mol. The highest BCUT2D eigenvalue weighted by molar-refractivity contribution is 5.73. The molecule has 0 fully saturated rings. The molecule has 0 aliphatic rings. The molecule has 2 heterocycles. The van der Waals surface area contributed by atoms with Crippen LogP contribution in [-0.4, -0.2) is 15.1 Å². The van der Waals surface area contributed by atoms with E-state index in [0.29, 0.717) is 24.7 Å². The summed E-state index contributed by atoms with van der Waals surface area (Å²) in [6.07, 6.45) is 2.22. The molecule has 4 rings (SSSR count). The van der Waals surface area contributed by atoms with Crippen LogP contribution in [0.3, 0.4) is 0 Å². The molecule has 8 heteroatoms. The van der Waals surface area contributed by atoms with Crippen molar-refractivity contribution in [3.05, 3.63) is 98.1 Å². The standard InChI is InChI=1S/C20H17N5O3/c26-19-17(22-11-14-8-4-5-9-21-14)18(20(19)27)23-12-16-24-15(25-28-16)10-13-6-2-1-3-7-13/h1-9,22-23H,10-12H2. The third-order valence-corrected chi connectivity index (χ3v) is 4.21. The predicted molar refractivity (Wildman–Crippen MR) is 104 cm³/mol. The smallest absolute Gasteiger partial charge is 0.253 e. The quantitative estimate of drug-likeness (QED) is 0.449. The Labute approximate surface area is 160 Å². The lowest BCUT2D eigenvalue weighted by Crippen LogP contribution is -2.37. The van der Waals surface area contributed by atoms with Gasteiger partial charge in [0.15, 0.2) is 5.82 Å². The highest BCUT2D eigenvalue weighted by Crippen LogP contribution is 2.16. The zero-order valence-electron chi connectivity index (χ0n) is 14.9. The van der Waals surface area contributed by atoms with Gasteiger partial charge in [0.25, 0.3) is 10.9 Å². The van der Waals surface area contributed by atoms with Gasteiger partial charge in [0.2, 0.25) is 5.89 Å². The molecule has 2 aromatic carbocycles. The maximum absolute atomic E-state index is 11.9. The van der Waals surface area contributed by atoms with Gasteiger partial charge in [0, 0.05) is 12.6 Å². The first-order chi connectivity index (χ1) is 13.7. The van der Waals surface area contributed by atoms with E-state index in [0.717, 1.165) is 11.3 Å². The number of nitrogens with one attached hydrogen (secondary N) is 2. The molecular formula is C20H17N5O3. The van der Waals surface area contributed by atoms with Crippen LogP contribution in [0.15, 0.2) is 68.8 Å². The SMILES string of the molecule is O=c1c(NCc2ccccn2)c(NCc2nc(Cc3ccccc3)no2)c1=O. The molecule has 4 aromatic rings. The van der Waals surface area contributed by atoms with E-state index in [9.17, 15) is 9.59 Å². The molecule has 2 N–H and O–H groups in total. The topological polar surface area (TPSA) is 110 Å². The van der Waals surface area contributed by atoms with E-state index in [1.807, 2.05) is 48.5 Å². The largest absolute Gasteiger partial charge is 0.374 e. The van der Waals surface area contributed by atoms with Crippen molar-refractivity contribution in [3.8, 4) is 0 Å². The van der Waals surface area contributed by atoms with Crippen LogP contribution < -0.4 is 21.5 Å². The van der Waals surface area contributed by atoms with E-state index in [1.54, 1.807) is 6.20 Å². The first kappa shape index (κ1) is 17.6. The fraction of sp³-hybridized carbons (Fsp3) is 0.150. The number of rotatable bonds is 8. The van der Waals surface area contributed by atoms with E-state index in [4.69, 9.17) is 4.52 Å². The maximum Gasteiger partial charge on any atom is 0.253 e. The molecule has 140 valence electrons. The van der Waals surface area contributed by atoms with Crippen LogP contribution in [-0.2, 0) is 19.5 Å². The van der Waals surface area contributed by atoms with Crippen molar-refractivity contribution >= 4 is 11.4 Å². The van der Waals surface area contributed by atoms with Crippen LogP contribution in [0.4, 0.5) is 11.4 Å². The van der Waals surface area contributed by atoms with Gasteiger partial charge in [0.05, 0.1) is 18.8 Å². The molecule has 0 aliphatic heterocycles. The lowest BCUT2D eigenvalue weighted by Gasteiger charge is -2.13. The molecule has 2 aromatic heterocycles. The summed E-state index contributed by atoms with van der Waals surface area (Å²) in [6, 6.07) is 15.3. The van der Waals surface area contributed by atoms with Crippen LogP contribution in [0.25, 0.3) is 0 Å². The molecule has 0 saturated heterocycles. The van der Waals surface area contributed by atoms with Crippen molar-refractivity contribution in [2.75, 3.05) is 10.6 Å². The summed E-state index contributed by atoms with van der Waals surface area (Å²) in [5, 5.41) is 9.81. The van der Waals surface area contributed by atoms with Crippen molar-refractivity contribution in [3.63, 3.8) is 0 Å². The number of benzene rings is 1. The van der Waals surface area contributed by atoms with Crippen molar-refractivity contribution in [2.45, 2.75) is 19.5 Å². The van der Waals surface area contributed by atoms with Gasteiger partial charge in [-0.05, 0) is 17.7 Å². The second-order valence-electron chi connectivity index (χ2n) is 6.20. The Morgan fingerprint density at radius 2 is 1.57 bits per heavy atom. The summed E-state index contributed by atoms with van der Waals surface area (Å²) in [6.45, 7) is 0.507. The van der Waals surface area contributed by atoms with E-state index >= 15 is 0 Å². The molecule has 0 amide bonds. The fourth-order valence-corrected chi connectivity index (χ4v) is 2.79. The van der Waals surface area contributed by atoms with Crippen LogP contribution in [0.1, 0.15) is 23.0 Å². The molecule has 0 bridgehead atoms. The minimum atomic E-state index is -0.562. The van der Waals surface area contributed by atoms with Gasteiger partial charge in [-0.3, -0.25) is 14.6 Å². The molecule has 0 aliphatic carbocycles. The zero-order valence-corrected chi connectivity index (χ0v) is 14.9. The summed E-state index contributed by atoms with van der Waals surface area (Å²) in [5.41, 5.74) is 1.21. The number of anilines is 2. The van der Waals surface area contributed by atoms with Gasteiger partial charge in [-0.1, -0.05) is 41.6 Å². The Morgan fingerprint density at radius 3 is 2.29 bits per heavy atom. The molecule has 0 atom stereocenters. The van der Waals surface area contributed by atoms with Gasteiger partial charge in [-0.25, -0.2) is 0 Å². The third kappa shape index (κ3) is 3.80. The number of hydrogen-bond acceptors (Lipinski definition) is 8. The normalized spacial score (nSPS) is 10.9. The summed E-state index contributed by atoms with van der Waals surface area (Å²) in [4.78, 5) is 32.2. The van der Waals surface area contributed by atoms with Crippen molar-refractivity contribution in [2.24, 2.45) is 0 Å². The lowest BCUT2D eigenvalue weighted by atomic mass is 10.1. The lowest BCUT2D eigenvalue weighted by molar-refractivity contribution is 0.378. The Hall–Kier alpha value is -3.81. The van der Waals surface area contributed by atoms with Gasteiger partial charge >= 0.3 is 0 Å². The average Bonchev–Trinajstić information content (AvgIpc) is 3.18. The van der Waals surface area contributed by atoms with Crippen molar-refractivity contribution in [1.82, 2.24) is 15.1 Å². The molecule has 0 radical (unpaired) electrons. The van der Waals surface area contributed by atoms with E-state index in [1.165, 1.54) is 0 Å². The van der Waals surface area contributed by atoms with Gasteiger partial charge in [-0.2, -0.15) is 4.98 Å². The summed E-state index contributed by atoms with van der Waals surface area (Å²) in [7, 11) is 0. The van der Waals surface area contributed by atoms with Crippen LogP contribution in [0.2, 0.25) is 0 Å². The highest BCUT2D eigenvalue weighted by Gasteiger charge is 2.21. The third-order valence-electron chi connectivity index (χ3n) is 4.21. The van der Waals surface area contributed by atoms with Gasteiger partial charge in [-0.15, -0.1) is 0 Å². The Balaban J connectivity index is 1.37. The minimum absolute atomic E-state index is 0.158. The van der Waals surface area contributed by atoms with Crippen LogP contribution in [0, 0.1) is 0 Å². The molecule has 0 unspecified atom stereocenters. The molecule has 8 nitrogen and oxygen atoms in total. The first-order valence-corrected chi connectivity index (χ1v) is 8.77. The average molecular weight is 375 g/mol. The van der Waals surface area contributed by atoms with Gasteiger partial charge < -0.3 is 15.2 Å². The first-order valence-electron chi connectivity index (χ1n) is 8.77. The van der Waals surface area contributed by atoms with E-state index in [-0.39, 0.29) is 17.9 Å². The zero-order chi connectivity index (χ0) is 19.3. The highest BCUT2D eigenvalue weighted by atomic mass is 16.5. The second-order valence-corrected chi connectivity index (χ2v) is 6.20. The number of nitrogens with zero attached hydrogens (tertiary/aromatic N) is 3. The minimum Gasteiger partial charge on any atom is -0.374 e. The summed E-state index contributed by atoms with van der Waals surface area (Å²) >= 11 is 0. The summed E-state index contributed by atoms with van der Waals surface area (Å²) < 4.78 is 5.21. The number of pyridine rings is 1. The monoisotopic (exact) mass is 375 g/mol. The molecule has 0 saturated carbocycles. The number of aromatic nitrogens is 3. The van der Waals surface area contributed by atoms with Crippen molar-refractivity contribution in [1.29, 1.82) is 0 Å². The van der Waals surface area contributed by atoms with Crippen molar-refractivity contribution < 1.29 is 4.52 Å². The predicted octanol–water partition coefficient (Wildman–Crippen LogP) is 1.88. The molecule has 0 spiro atoms. The summed E-state index contributed by atoms with van der Waals surface area (Å²) in [5.74, 6) is 0.899. The Kier molecular flexibility index (Phi) is 4.92. The van der Waals surface area contributed by atoms with E-state index < -0.39 is 10.9 Å². The van der Waals surface area contributed by atoms with Gasteiger partial charge in [0.1, 0.15) is 11.4 Å².